The maximum atomic E-state index is 12.8. The molecule has 3 nitrogen and oxygen atoms in total. The third-order valence-corrected chi connectivity index (χ3v) is 1.90. The average molecular weight is 184 g/mol. The van der Waals surface area contributed by atoms with E-state index in [2.05, 4.69) is 4.98 Å². The van der Waals surface area contributed by atoms with E-state index in [1.807, 2.05) is 0 Å². The Balaban J connectivity index is 2.97. The third-order valence-electron chi connectivity index (χ3n) is 1.90. The molecule has 72 valence electrons. The number of pyridine rings is 1. The van der Waals surface area contributed by atoms with Crippen molar-refractivity contribution in [2.24, 2.45) is 5.73 Å². The van der Waals surface area contributed by atoms with Gasteiger partial charge in [0.2, 0.25) is 0 Å². The summed E-state index contributed by atoms with van der Waals surface area (Å²) in [5.74, 6) is -0.360. The number of aliphatic hydroxyl groups is 1. The van der Waals surface area contributed by atoms with Gasteiger partial charge >= 0.3 is 0 Å². The Labute approximate surface area is 76.4 Å². The lowest BCUT2D eigenvalue weighted by atomic mass is 10.1. The zero-order valence-electron chi connectivity index (χ0n) is 7.66. The molecule has 0 fully saturated rings. The van der Waals surface area contributed by atoms with Crippen molar-refractivity contribution in [3.05, 3.63) is 29.3 Å². The lowest BCUT2D eigenvalue weighted by Crippen LogP contribution is -2.24. The van der Waals surface area contributed by atoms with Crippen molar-refractivity contribution >= 4 is 0 Å². The lowest BCUT2D eigenvalue weighted by molar-refractivity contribution is 0.162. The first-order chi connectivity index (χ1) is 6.02. The van der Waals surface area contributed by atoms with Crippen LogP contribution in [0.2, 0.25) is 0 Å². The summed E-state index contributed by atoms with van der Waals surface area (Å²) >= 11 is 0. The van der Waals surface area contributed by atoms with Crippen LogP contribution in [-0.2, 0) is 0 Å². The highest BCUT2D eigenvalue weighted by Gasteiger charge is 2.14. The zero-order valence-corrected chi connectivity index (χ0v) is 7.66. The molecule has 0 saturated heterocycles. The van der Waals surface area contributed by atoms with E-state index in [0.29, 0.717) is 11.4 Å². The second kappa shape index (κ2) is 3.81. The Morgan fingerprint density at radius 1 is 1.54 bits per heavy atom. The highest BCUT2D eigenvalue weighted by atomic mass is 19.1. The van der Waals surface area contributed by atoms with Crippen LogP contribution in [0.5, 0.6) is 0 Å². The summed E-state index contributed by atoms with van der Waals surface area (Å²) in [6.07, 6.45) is -0.683. The van der Waals surface area contributed by atoms with Crippen LogP contribution >= 0.6 is 0 Å². The average Bonchev–Trinajstić information content (AvgIpc) is 2.08. The van der Waals surface area contributed by atoms with Gasteiger partial charge in [-0.3, -0.25) is 4.98 Å². The van der Waals surface area contributed by atoms with Crippen LogP contribution in [0.3, 0.4) is 0 Å². The van der Waals surface area contributed by atoms with Gasteiger partial charge in [-0.05, 0) is 26.0 Å². The Hall–Kier alpha value is -1.00. The highest BCUT2D eigenvalue weighted by molar-refractivity contribution is 5.15. The summed E-state index contributed by atoms with van der Waals surface area (Å²) < 4.78 is 12.8. The zero-order chi connectivity index (χ0) is 10.0. The molecule has 1 aromatic heterocycles. The van der Waals surface area contributed by atoms with Crippen LogP contribution < -0.4 is 5.73 Å². The number of nitrogens with two attached hydrogens (primary N) is 1. The molecule has 0 saturated carbocycles. The van der Waals surface area contributed by atoms with Gasteiger partial charge in [0.15, 0.2) is 0 Å². The number of hydrogen-bond acceptors (Lipinski definition) is 3. The first kappa shape index (κ1) is 10.1. The highest BCUT2D eigenvalue weighted by Crippen LogP contribution is 2.13. The smallest absolute Gasteiger partial charge is 0.144 e. The molecule has 0 spiro atoms. The van der Waals surface area contributed by atoms with Crippen LogP contribution in [0, 0.1) is 12.7 Å². The first-order valence-corrected chi connectivity index (χ1v) is 4.09. The topological polar surface area (TPSA) is 59.1 Å². The van der Waals surface area contributed by atoms with Gasteiger partial charge in [0, 0.05) is 0 Å². The molecular weight excluding hydrogens is 171 g/mol. The molecule has 1 aromatic rings. The fourth-order valence-corrected chi connectivity index (χ4v) is 0.996. The summed E-state index contributed by atoms with van der Waals surface area (Å²) in [5.41, 5.74) is 6.43. The van der Waals surface area contributed by atoms with E-state index in [9.17, 15) is 9.50 Å². The summed E-state index contributed by atoms with van der Waals surface area (Å²) in [7, 11) is 0. The molecule has 0 radical (unpaired) electrons. The monoisotopic (exact) mass is 184 g/mol. The fraction of sp³-hybridized carbons (Fsp3) is 0.444. The van der Waals surface area contributed by atoms with E-state index in [4.69, 9.17) is 5.73 Å². The van der Waals surface area contributed by atoms with Gasteiger partial charge < -0.3 is 10.8 Å². The van der Waals surface area contributed by atoms with Crippen molar-refractivity contribution < 1.29 is 9.50 Å². The van der Waals surface area contributed by atoms with E-state index in [1.165, 1.54) is 12.1 Å². The quantitative estimate of drug-likeness (QED) is 0.718. The minimum atomic E-state index is -0.683. The van der Waals surface area contributed by atoms with Crippen molar-refractivity contribution in [2.75, 3.05) is 0 Å². The minimum Gasteiger partial charge on any atom is -0.391 e. The van der Waals surface area contributed by atoms with Gasteiger partial charge in [-0.15, -0.1) is 0 Å². The van der Waals surface area contributed by atoms with Crippen molar-refractivity contribution in [1.82, 2.24) is 4.98 Å². The van der Waals surface area contributed by atoms with Crippen LogP contribution in [0.25, 0.3) is 0 Å². The lowest BCUT2D eigenvalue weighted by Gasteiger charge is -2.14. The first-order valence-electron chi connectivity index (χ1n) is 4.09. The molecule has 2 unspecified atom stereocenters. The molecular formula is C9H13FN2O. The molecule has 0 aromatic carbocycles. The SMILES string of the molecule is Cc1nc(C(N)C(C)O)ccc1F. The predicted octanol–water partition coefficient (Wildman–Crippen LogP) is 0.910. The number of rotatable bonds is 2. The fourth-order valence-electron chi connectivity index (χ4n) is 0.996. The number of aromatic nitrogens is 1. The molecule has 2 atom stereocenters. The number of hydrogen-bond donors (Lipinski definition) is 2. The molecule has 0 bridgehead atoms. The summed E-state index contributed by atoms with van der Waals surface area (Å²) in [6, 6.07) is 2.24. The molecule has 13 heavy (non-hydrogen) atoms. The van der Waals surface area contributed by atoms with Crippen LogP contribution in [0.15, 0.2) is 12.1 Å². The van der Waals surface area contributed by atoms with E-state index in [0.717, 1.165) is 0 Å². The number of aliphatic hydroxyl groups excluding tert-OH is 1. The van der Waals surface area contributed by atoms with Gasteiger partial charge in [0.1, 0.15) is 5.82 Å². The van der Waals surface area contributed by atoms with Gasteiger partial charge in [0.25, 0.3) is 0 Å². The van der Waals surface area contributed by atoms with Gasteiger partial charge in [-0.25, -0.2) is 4.39 Å². The van der Waals surface area contributed by atoms with Crippen molar-refractivity contribution in [3.8, 4) is 0 Å². The second-order valence-corrected chi connectivity index (χ2v) is 3.07. The maximum absolute atomic E-state index is 12.8. The van der Waals surface area contributed by atoms with E-state index >= 15 is 0 Å². The van der Waals surface area contributed by atoms with E-state index in [1.54, 1.807) is 13.8 Å². The standard InChI is InChI=1S/C9H13FN2O/c1-5-7(10)3-4-8(12-5)9(11)6(2)13/h3-4,6,9,13H,11H2,1-2H3. The largest absolute Gasteiger partial charge is 0.391 e. The van der Waals surface area contributed by atoms with E-state index in [-0.39, 0.29) is 5.82 Å². The molecule has 3 N–H and O–H groups in total. The molecule has 0 aliphatic heterocycles. The normalized spacial score (nSPS) is 15.5. The van der Waals surface area contributed by atoms with Gasteiger partial charge in [0.05, 0.1) is 23.5 Å². The van der Waals surface area contributed by atoms with Crippen molar-refractivity contribution in [3.63, 3.8) is 0 Å². The Morgan fingerprint density at radius 2 is 2.15 bits per heavy atom. The third kappa shape index (κ3) is 2.23. The summed E-state index contributed by atoms with van der Waals surface area (Å²) in [6.45, 7) is 3.14. The van der Waals surface area contributed by atoms with Crippen molar-refractivity contribution in [1.29, 1.82) is 0 Å². The van der Waals surface area contributed by atoms with E-state index < -0.39 is 12.1 Å². The molecule has 0 aliphatic rings. The van der Waals surface area contributed by atoms with Crippen molar-refractivity contribution in [2.45, 2.75) is 26.0 Å². The molecule has 0 amide bonds. The Kier molecular flexibility index (Phi) is 2.95. The molecule has 4 heteroatoms. The number of nitrogens with zero attached hydrogens (tertiary/aromatic N) is 1. The molecule has 1 rings (SSSR count). The number of aryl methyl sites for hydroxylation is 1. The number of halogens is 1. The molecule has 1 heterocycles. The minimum absolute atomic E-state index is 0.300. The van der Waals surface area contributed by atoms with Crippen LogP contribution in [0.4, 0.5) is 4.39 Å². The molecule has 0 aliphatic carbocycles. The second-order valence-electron chi connectivity index (χ2n) is 3.07. The predicted molar refractivity (Wildman–Crippen MR) is 47.5 cm³/mol. The Morgan fingerprint density at radius 3 is 2.62 bits per heavy atom. The summed E-state index contributed by atoms with van der Waals surface area (Å²) in [5, 5.41) is 9.18. The van der Waals surface area contributed by atoms with Gasteiger partial charge in [-0.1, -0.05) is 0 Å². The Bertz CT molecular complexity index is 302. The van der Waals surface area contributed by atoms with Gasteiger partial charge in [-0.2, -0.15) is 0 Å². The van der Waals surface area contributed by atoms with Crippen LogP contribution in [0.1, 0.15) is 24.4 Å². The maximum Gasteiger partial charge on any atom is 0.144 e. The summed E-state index contributed by atoms with van der Waals surface area (Å²) in [4.78, 5) is 3.93. The van der Waals surface area contributed by atoms with Crippen LogP contribution in [-0.4, -0.2) is 16.2 Å².